The molecule has 1 N–H and O–H groups in total. The Bertz CT molecular complexity index is 1070. The van der Waals surface area contributed by atoms with Crippen LogP contribution in [0.2, 0.25) is 0 Å². The molecule has 7 atom stereocenters. The molecule has 0 unspecified atom stereocenters. The summed E-state index contributed by atoms with van der Waals surface area (Å²) in [6.07, 6.45) is 5.43. The zero-order valence-electron chi connectivity index (χ0n) is 16.1. The molecule has 2 aromatic rings. The molecule has 29 heavy (non-hydrogen) atoms. The summed E-state index contributed by atoms with van der Waals surface area (Å²) in [4.78, 5) is 40.7. The van der Waals surface area contributed by atoms with E-state index in [0.29, 0.717) is 17.5 Å². The van der Waals surface area contributed by atoms with Gasteiger partial charge in [0.2, 0.25) is 17.7 Å². The number of imide groups is 1. The van der Waals surface area contributed by atoms with Crippen LogP contribution in [-0.4, -0.2) is 28.7 Å². The second kappa shape index (κ2) is 5.78. The Balaban J connectivity index is 1.27. The van der Waals surface area contributed by atoms with E-state index >= 15 is 0 Å². The predicted molar refractivity (Wildman–Crippen MR) is 109 cm³/mol. The summed E-state index contributed by atoms with van der Waals surface area (Å²) in [5, 5.41) is 4.90. The van der Waals surface area contributed by atoms with Crippen molar-refractivity contribution in [2.45, 2.75) is 19.4 Å². The van der Waals surface area contributed by atoms with E-state index in [0.717, 1.165) is 17.2 Å². The van der Waals surface area contributed by atoms with Crippen LogP contribution in [0.1, 0.15) is 13.3 Å². The van der Waals surface area contributed by atoms with E-state index in [1.807, 2.05) is 42.5 Å². The fourth-order valence-corrected chi connectivity index (χ4v) is 6.05. The lowest BCUT2D eigenvalue weighted by Crippen LogP contribution is -2.46. The molecular weight excluding hydrogens is 364 g/mol. The molecule has 0 spiro atoms. The van der Waals surface area contributed by atoms with Crippen LogP contribution in [0, 0.1) is 35.5 Å². The van der Waals surface area contributed by atoms with Gasteiger partial charge in [-0.1, -0.05) is 48.6 Å². The minimum atomic E-state index is -0.824. The first kappa shape index (κ1) is 17.0. The molecule has 146 valence electrons. The molecule has 5 aliphatic rings. The number of benzene rings is 2. The van der Waals surface area contributed by atoms with E-state index in [2.05, 4.69) is 17.5 Å². The lowest BCUT2D eigenvalue weighted by Gasteiger charge is -2.37. The van der Waals surface area contributed by atoms with Crippen molar-refractivity contribution < 1.29 is 14.4 Å². The number of likely N-dealkylation sites (tertiary alicyclic amines) is 1. The zero-order chi connectivity index (χ0) is 19.9. The maximum Gasteiger partial charge on any atom is 0.247 e. The molecule has 5 nitrogen and oxygen atoms in total. The number of carbonyl (C=O) groups is 3. The standard InChI is InChI=1S/C24H22N2O3/c1-12(22(27)25-19-8-4-6-13-5-2-3-7-14(13)19)26-23(28)20-15-9-10-16(18-11-17(15)18)21(20)24(26)29/h2-10,12,15-18,20-21H,11H2,1H3,(H,25,27)/t12-,15-,16-,17-,18-,20+,21+/m1/s1. The third-order valence-corrected chi connectivity index (χ3v) is 7.51. The van der Waals surface area contributed by atoms with Gasteiger partial charge >= 0.3 is 0 Å². The summed E-state index contributed by atoms with van der Waals surface area (Å²) in [6.45, 7) is 1.66. The SMILES string of the molecule is C[C@H](C(=O)Nc1cccc2ccccc12)N1C(=O)[C@H]2[C@@H]3C=C[C@H]([C@H]4C[C@H]34)[C@@H]2C1=O. The topological polar surface area (TPSA) is 66.5 Å². The van der Waals surface area contributed by atoms with Crippen molar-refractivity contribution in [3.8, 4) is 0 Å². The summed E-state index contributed by atoms with van der Waals surface area (Å²) >= 11 is 0. The van der Waals surface area contributed by atoms with E-state index in [-0.39, 0.29) is 41.4 Å². The molecule has 0 radical (unpaired) electrons. The largest absolute Gasteiger partial charge is 0.324 e. The molecule has 7 rings (SSSR count). The predicted octanol–water partition coefficient (Wildman–Crippen LogP) is 3.22. The molecule has 2 bridgehead atoms. The van der Waals surface area contributed by atoms with Crippen molar-refractivity contribution in [1.82, 2.24) is 4.90 Å². The van der Waals surface area contributed by atoms with Gasteiger partial charge in [0.1, 0.15) is 6.04 Å². The number of nitrogens with zero attached hydrogens (tertiary/aromatic N) is 1. The number of hydrogen-bond acceptors (Lipinski definition) is 3. The quantitative estimate of drug-likeness (QED) is 0.651. The first-order chi connectivity index (χ1) is 14.1. The molecule has 4 aliphatic carbocycles. The summed E-state index contributed by atoms with van der Waals surface area (Å²) in [5.74, 6) is 0.269. The highest BCUT2D eigenvalue weighted by Crippen LogP contribution is 2.65. The van der Waals surface area contributed by atoms with Crippen LogP contribution in [0.15, 0.2) is 54.6 Å². The first-order valence-corrected chi connectivity index (χ1v) is 10.4. The van der Waals surface area contributed by atoms with E-state index in [4.69, 9.17) is 0 Å². The minimum absolute atomic E-state index is 0.162. The van der Waals surface area contributed by atoms with Gasteiger partial charge in [-0.2, -0.15) is 0 Å². The fraction of sp³-hybridized carbons (Fsp3) is 0.375. The van der Waals surface area contributed by atoms with Crippen LogP contribution in [0.5, 0.6) is 0 Å². The van der Waals surface area contributed by atoms with Crippen molar-refractivity contribution in [1.29, 1.82) is 0 Å². The summed E-state index contributed by atoms with van der Waals surface area (Å²) in [6, 6.07) is 12.7. The number of fused-ring (bicyclic) bond motifs is 1. The highest BCUT2D eigenvalue weighted by molar-refractivity contribution is 6.11. The van der Waals surface area contributed by atoms with Gasteiger partial charge in [-0.05, 0) is 48.5 Å². The summed E-state index contributed by atoms with van der Waals surface area (Å²) < 4.78 is 0. The van der Waals surface area contributed by atoms with Crippen molar-refractivity contribution >= 4 is 34.2 Å². The average molecular weight is 386 g/mol. The highest BCUT2D eigenvalue weighted by atomic mass is 16.2. The van der Waals surface area contributed by atoms with Crippen molar-refractivity contribution in [3.63, 3.8) is 0 Å². The van der Waals surface area contributed by atoms with Crippen molar-refractivity contribution in [3.05, 3.63) is 54.6 Å². The maximum atomic E-state index is 13.2. The van der Waals surface area contributed by atoms with Crippen LogP contribution in [0.25, 0.3) is 10.8 Å². The summed E-state index contributed by atoms with van der Waals surface area (Å²) in [5.41, 5.74) is 0.694. The molecular formula is C24H22N2O3. The monoisotopic (exact) mass is 386 g/mol. The lowest BCUT2D eigenvalue weighted by atomic mass is 9.63. The van der Waals surface area contributed by atoms with Gasteiger partial charge in [0, 0.05) is 11.1 Å². The van der Waals surface area contributed by atoms with Gasteiger partial charge in [-0.3, -0.25) is 19.3 Å². The second-order valence-corrected chi connectivity index (χ2v) is 8.89. The Morgan fingerprint density at radius 2 is 1.59 bits per heavy atom. The van der Waals surface area contributed by atoms with Crippen LogP contribution in [0.4, 0.5) is 5.69 Å². The third kappa shape index (κ3) is 2.24. The molecule has 5 heteroatoms. The smallest absolute Gasteiger partial charge is 0.247 e. The minimum Gasteiger partial charge on any atom is -0.324 e. The molecule has 2 saturated carbocycles. The van der Waals surface area contributed by atoms with Crippen LogP contribution in [-0.2, 0) is 14.4 Å². The average Bonchev–Trinajstić information content (AvgIpc) is 3.51. The van der Waals surface area contributed by atoms with E-state index in [1.54, 1.807) is 6.92 Å². The first-order valence-electron chi connectivity index (χ1n) is 10.4. The van der Waals surface area contributed by atoms with Gasteiger partial charge in [0.25, 0.3) is 0 Å². The number of hydrogen-bond donors (Lipinski definition) is 1. The molecule has 0 aromatic heterocycles. The molecule has 1 heterocycles. The van der Waals surface area contributed by atoms with Gasteiger partial charge in [0.15, 0.2) is 0 Å². The number of rotatable bonds is 3. The molecule has 1 aliphatic heterocycles. The van der Waals surface area contributed by atoms with Gasteiger partial charge in [-0.15, -0.1) is 0 Å². The maximum absolute atomic E-state index is 13.2. The molecule has 1 saturated heterocycles. The normalized spacial score (nSPS) is 34.9. The Hall–Kier alpha value is -2.95. The Labute approximate surface area is 168 Å². The fourth-order valence-electron chi connectivity index (χ4n) is 6.05. The van der Waals surface area contributed by atoms with Crippen molar-refractivity contribution in [2.75, 3.05) is 5.32 Å². The molecule has 3 fully saturated rings. The van der Waals surface area contributed by atoms with Gasteiger partial charge in [0.05, 0.1) is 11.8 Å². The number of amides is 3. The Morgan fingerprint density at radius 3 is 2.28 bits per heavy atom. The Kier molecular flexibility index (Phi) is 3.38. The van der Waals surface area contributed by atoms with Crippen LogP contribution < -0.4 is 5.32 Å². The number of carbonyl (C=O) groups excluding carboxylic acids is 3. The van der Waals surface area contributed by atoms with Gasteiger partial charge < -0.3 is 5.32 Å². The Morgan fingerprint density at radius 1 is 0.966 bits per heavy atom. The highest BCUT2D eigenvalue weighted by Gasteiger charge is 2.67. The number of nitrogens with one attached hydrogen (secondary N) is 1. The molecule has 2 aromatic carbocycles. The third-order valence-electron chi connectivity index (χ3n) is 7.51. The van der Waals surface area contributed by atoms with E-state index < -0.39 is 6.04 Å². The van der Waals surface area contributed by atoms with E-state index in [9.17, 15) is 14.4 Å². The van der Waals surface area contributed by atoms with Crippen LogP contribution >= 0.6 is 0 Å². The second-order valence-electron chi connectivity index (χ2n) is 8.89. The van der Waals surface area contributed by atoms with Gasteiger partial charge in [-0.25, -0.2) is 0 Å². The summed E-state index contributed by atoms with van der Waals surface area (Å²) in [7, 11) is 0. The van der Waals surface area contributed by atoms with Crippen molar-refractivity contribution in [2.24, 2.45) is 35.5 Å². The molecule has 3 amide bonds. The number of anilines is 1. The number of allylic oxidation sites excluding steroid dienone is 2. The van der Waals surface area contributed by atoms with Crippen LogP contribution in [0.3, 0.4) is 0 Å². The van der Waals surface area contributed by atoms with E-state index in [1.165, 1.54) is 4.90 Å². The lowest BCUT2D eigenvalue weighted by molar-refractivity contribution is -0.146. The zero-order valence-corrected chi connectivity index (χ0v) is 16.1.